The van der Waals surface area contributed by atoms with E-state index >= 15 is 0 Å². The third-order valence-corrected chi connectivity index (χ3v) is 3.79. The molecular formula is C17H19FN2O2. The molecule has 5 heteroatoms. The van der Waals surface area contributed by atoms with Crippen LogP contribution in [0.15, 0.2) is 53.5 Å². The van der Waals surface area contributed by atoms with Crippen molar-refractivity contribution in [2.45, 2.75) is 25.9 Å². The summed E-state index contributed by atoms with van der Waals surface area (Å²) in [6.07, 6.45) is 1.91. The van der Waals surface area contributed by atoms with Crippen LogP contribution in [-0.2, 0) is 11.3 Å². The maximum atomic E-state index is 12.9. The van der Waals surface area contributed by atoms with Crippen molar-refractivity contribution in [3.63, 3.8) is 0 Å². The SMILES string of the molecule is CC(c1ccc(F)cc1)N(C)C(=O)CCn1ccccc1=O. The summed E-state index contributed by atoms with van der Waals surface area (Å²) in [5.41, 5.74) is 0.749. The highest BCUT2D eigenvalue weighted by atomic mass is 19.1. The summed E-state index contributed by atoms with van der Waals surface area (Å²) in [6.45, 7) is 2.23. The molecule has 1 amide bonds. The van der Waals surface area contributed by atoms with Gasteiger partial charge in [-0.15, -0.1) is 0 Å². The third-order valence-electron chi connectivity index (χ3n) is 3.79. The quantitative estimate of drug-likeness (QED) is 0.852. The highest BCUT2D eigenvalue weighted by Crippen LogP contribution is 2.19. The van der Waals surface area contributed by atoms with Gasteiger partial charge in [-0.1, -0.05) is 18.2 Å². The number of aryl methyl sites for hydroxylation is 1. The lowest BCUT2D eigenvalue weighted by molar-refractivity contribution is -0.132. The summed E-state index contributed by atoms with van der Waals surface area (Å²) in [6, 6.07) is 10.9. The first-order valence-electron chi connectivity index (χ1n) is 7.15. The first-order chi connectivity index (χ1) is 10.5. The molecule has 0 aliphatic carbocycles. The molecule has 1 aromatic carbocycles. The summed E-state index contributed by atoms with van der Waals surface area (Å²) >= 11 is 0. The normalized spacial score (nSPS) is 12.0. The van der Waals surface area contributed by atoms with Gasteiger partial charge in [0.2, 0.25) is 5.91 Å². The summed E-state index contributed by atoms with van der Waals surface area (Å²) < 4.78 is 14.5. The van der Waals surface area contributed by atoms with Crippen molar-refractivity contribution in [3.05, 3.63) is 70.4 Å². The van der Waals surface area contributed by atoms with Gasteiger partial charge in [0, 0.05) is 32.3 Å². The summed E-state index contributed by atoms with van der Waals surface area (Å²) in [5.74, 6) is -0.360. The zero-order chi connectivity index (χ0) is 16.1. The van der Waals surface area contributed by atoms with Crippen LogP contribution in [0.25, 0.3) is 0 Å². The minimum Gasteiger partial charge on any atom is -0.339 e. The molecule has 2 rings (SSSR count). The molecule has 0 N–H and O–H groups in total. The largest absolute Gasteiger partial charge is 0.339 e. The molecule has 0 spiro atoms. The number of nitrogens with zero attached hydrogens (tertiary/aromatic N) is 2. The van der Waals surface area contributed by atoms with Gasteiger partial charge in [0.05, 0.1) is 6.04 Å². The van der Waals surface area contributed by atoms with E-state index in [9.17, 15) is 14.0 Å². The van der Waals surface area contributed by atoms with Crippen LogP contribution in [-0.4, -0.2) is 22.4 Å². The van der Waals surface area contributed by atoms with Gasteiger partial charge in [0.1, 0.15) is 5.82 Å². The lowest BCUT2D eigenvalue weighted by atomic mass is 10.1. The topological polar surface area (TPSA) is 42.3 Å². The predicted molar refractivity (Wildman–Crippen MR) is 82.9 cm³/mol. The van der Waals surface area contributed by atoms with Crippen molar-refractivity contribution in [3.8, 4) is 0 Å². The maximum absolute atomic E-state index is 12.9. The van der Waals surface area contributed by atoms with Crippen molar-refractivity contribution in [2.24, 2.45) is 0 Å². The zero-order valence-electron chi connectivity index (χ0n) is 12.7. The molecule has 0 saturated carbocycles. The Bertz CT molecular complexity index is 694. The number of carbonyl (C=O) groups excluding carboxylic acids is 1. The fraction of sp³-hybridized carbons (Fsp3) is 0.294. The van der Waals surface area contributed by atoms with Crippen molar-refractivity contribution in [1.82, 2.24) is 9.47 Å². The van der Waals surface area contributed by atoms with E-state index in [0.717, 1.165) is 5.56 Å². The van der Waals surface area contributed by atoms with Gasteiger partial charge in [-0.3, -0.25) is 9.59 Å². The number of hydrogen-bond donors (Lipinski definition) is 0. The number of rotatable bonds is 5. The van der Waals surface area contributed by atoms with Crippen LogP contribution < -0.4 is 5.56 Å². The Balaban J connectivity index is 1.98. The molecule has 1 unspecified atom stereocenters. The Morgan fingerprint density at radius 2 is 1.91 bits per heavy atom. The minimum absolute atomic E-state index is 0.0624. The van der Waals surface area contributed by atoms with Crippen LogP contribution in [0, 0.1) is 5.82 Å². The summed E-state index contributed by atoms with van der Waals surface area (Å²) in [5, 5.41) is 0. The predicted octanol–water partition coefficient (Wildman–Crippen LogP) is 2.60. The van der Waals surface area contributed by atoms with Crippen molar-refractivity contribution >= 4 is 5.91 Å². The fourth-order valence-corrected chi connectivity index (χ4v) is 2.22. The Kier molecular flexibility index (Phi) is 5.09. The van der Waals surface area contributed by atoms with E-state index in [4.69, 9.17) is 0 Å². The van der Waals surface area contributed by atoms with Gasteiger partial charge in [0.15, 0.2) is 0 Å². The van der Waals surface area contributed by atoms with Gasteiger partial charge >= 0.3 is 0 Å². The molecule has 0 radical (unpaired) electrons. The summed E-state index contributed by atoms with van der Waals surface area (Å²) in [7, 11) is 1.71. The lowest BCUT2D eigenvalue weighted by Crippen LogP contribution is -2.31. The van der Waals surface area contributed by atoms with E-state index in [1.165, 1.54) is 22.8 Å². The Labute approximate surface area is 128 Å². The molecule has 0 saturated heterocycles. The van der Waals surface area contributed by atoms with Crippen LogP contribution in [0.3, 0.4) is 0 Å². The number of hydrogen-bond acceptors (Lipinski definition) is 2. The second-order valence-electron chi connectivity index (χ2n) is 5.21. The van der Waals surface area contributed by atoms with E-state index < -0.39 is 0 Å². The third kappa shape index (κ3) is 3.81. The average Bonchev–Trinajstić information content (AvgIpc) is 2.53. The molecule has 116 valence electrons. The Hall–Kier alpha value is -2.43. The van der Waals surface area contributed by atoms with Gasteiger partial charge < -0.3 is 9.47 Å². The Morgan fingerprint density at radius 3 is 2.55 bits per heavy atom. The first-order valence-corrected chi connectivity index (χ1v) is 7.15. The second-order valence-corrected chi connectivity index (χ2v) is 5.21. The first kappa shape index (κ1) is 15.9. The standard InChI is InChI=1S/C17H19FN2O2/c1-13(14-6-8-15(18)9-7-14)19(2)16(21)10-12-20-11-4-3-5-17(20)22/h3-9,11,13H,10,12H2,1-2H3. The highest BCUT2D eigenvalue weighted by molar-refractivity contribution is 5.76. The van der Waals surface area contributed by atoms with E-state index in [2.05, 4.69) is 0 Å². The molecule has 1 heterocycles. The number of benzene rings is 1. The van der Waals surface area contributed by atoms with Crippen molar-refractivity contribution in [2.75, 3.05) is 7.05 Å². The molecule has 0 aliphatic rings. The van der Waals surface area contributed by atoms with E-state index in [1.807, 2.05) is 6.92 Å². The molecule has 2 aromatic rings. The van der Waals surface area contributed by atoms with Crippen molar-refractivity contribution < 1.29 is 9.18 Å². The molecular weight excluding hydrogens is 283 g/mol. The number of halogens is 1. The van der Waals surface area contributed by atoms with Crippen LogP contribution in [0.5, 0.6) is 0 Å². The monoisotopic (exact) mass is 302 g/mol. The van der Waals surface area contributed by atoms with Crippen LogP contribution >= 0.6 is 0 Å². The molecule has 1 atom stereocenters. The minimum atomic E-state index is -0.298. The van der Waals surface area contributed by atoms with Gasteiger partial charge in [-0.25, -0.2) is 4.39 Å². The van der Waals surface area contributed by atoms with Gasteiger partial charge in [-0.05, 0) is 30.7 Å². The molecule has 22 heavy (non-hydrogen) atoms. The second kappa shape index (κ2) is 7.02. The molecule has 0 fully saturated rings. The molecule has 0 bridgehead atoms. The zero-order valence-corrected chi connectivity index (χ0v) is 12.7. The molecule has 0 aliphatic heterocycles. The maximum Gasteiger partial charge on any atom is 0.250 e. The van der Waals surface area contributed by atoms with Crippen LogP contribution in [0.4, 0.5) is 4.39 Å². The number of aromatic nitrogens is 1. The van der Waals surface area contributed by atoms with E-state index in [1.54, 1.807) is 42.4 Å². The van der Waals surface area contributed by atoms with Crippen LogP contribution in [0.1, 0.15) is 24.9 Å². The number of amides is 1. The average molecular weight is 302 g/mol. The van der Waals surface area contributed by atoms with Crippen molar-refractivity contribution in [1.29, 1.82) is 0 Å². The summed E-state index contributed by atoms with van der Waals surface area (Å²) in [4.78, 5) is 25.4. The van der Waals surface area contributed by atoms with Gasteiger partial charge in [-0.2, -0.15) is 0 Å². The fourth-order valence-electron chi connectivity index (χ4n) is 2.22. The highest BCUT2D eigenvalue weighted by Gasteiger charge is 2.17. The smallest absolute Gasteiger partial charge is 0.250 e. The van der Waals surface area contributed by atoms with Crippen LogP contribution in [0.2, 0.25) is 0 Å². The van der Waals surface area contributed by atoms with E-state index in [0.29, 0.717) is 6.54 Å². The lowest BCUT2D eigenvalue weighted by Gasteiger charge is -2.25. The van der Waals surface area contributed by atoms with E-state index in [-0.39, 0.29) is 29.7 Å². The number of pyridine rings is 1. The molecule has 4 nitrogen and oxygen atoms in total. The number of carbonyl (C=O) groups is 1. The Morgan fingerprint density at radius 1 is 1.23 bits per heavy atom. The van der Waals surface area contributed by atoms with Gasteiger partial charge in [0.25, 0.3) is 5.56 Å². The molecule has 1 aromatic heterocycles.